The van der Waals surface area contributed by atoms with Crippen molar-refractivity contribution in [2.75, 3.05) is 19.6 Å². The third kappa shape index (κ3) is 4.74. The van der Waals surface area contributed by atoms with Gasteiger partial charge in [0.15, 0.2) is 11.5 Å². The zero-order valence-electron chi connectivity index (χ0n) is 15.1. The lowest BCUT2D eigenvalue weighted by molar-refractivity contribution is -0.0526. The molecule has 0 amide bonds. The number of nitrogens with zero attached hydrogens (tertiary/aromatic N) is 2. The third-order valence-corrected chi connectivity index (χ3v) is 4.38. The molecule has 1 N–H and O–H groups in total. The van der Waals surface area contributed by atoms with E-state index >= 15 is 0 Å². The van der Waals surface area contributed by atoms with Crippen molar-refractivity contribution < 1.29 is 23.0 Å². The SMILES string of the molecule is COc1cc(/C=N\Nc2nc(-c3ccccc3)cs2)cc(OC)c1OC(F)F. The van der Waals surface area contributed by atoms with Crippen LogP contribution in [0.5, 0.6) is 17.2 Å². The number of methoxy groups -OCH3 is 2. The average Bonchev–Trinajstić information content (AvgIpc) is 3.18. The highest BCUT2D eigenvalue weighted by Gasteiger charge is 2.17. The number of hydrogen-bond donors (Lipinski definition) is 1. The van der Waals surface area contributed by atoms with Gasteiger partial charge < -0.3 is 14.2 Å². The molecule has 0 atom stereocenters. The fraction of sp³-hybridized carbons (Fsp3) is 0.158. The third-order valence-electron chi connectivity index (χ3n) is 3.64. The van der Waals surface area contributed by atoms with Crippen molar-refractivity contribution in [2.24, 2.45) is 5.10 Å². The van der Waals surface area contributed by atoms with Crippen LogP contribution in [0.1, 0.15) is 5.56 Å². The van der Waals surface area contributed by atoms with Crippen LogP contribution in [0.4, 0.5) is 13.9 Å². The van der Waals surface area contributed by atoms with E-state index in [9.17, 15) is 8.78 Å². The number of hydrogen-bond acceptors (Lipinski definition) is 7. The van der Waals surface area contributed by atoms with Gasteiger partial charge >= 0.3 is 6.61 Å². The minimum atomic E-state index is -2.99. The first-order valence-corrected chi connectivity index (χ1v) is 8.99. The van der Waals surface area contributed by atoms with E-state index in [1.54, 1.807) is 0 Å². The number of alkyl halides is 2. The molecule has 6 nitrogen and oxygen atoms in total. The van der Waals surface area contributed by atoms with Gasteiger partial charge in [0.05, 0.1) is 26.1 Å². The van der Waals surface area contributed by atoms with Gasteiger partial charge in [0.2, 0.25) is 10.9 Å². The van der Waals surface area contributed by atoms with Gasteiger partial charge in [-0.1, -0.05) is 30.3 Å². The molecule has 0 aliphatic carbocycles. The van der Waals surface area contributed by atoms with Crippen molar-refractivity contribution in [2.45, 2.75) is 6.61 Å². The number of ether oxygens (including phenoxy) is 3. The molecule has 28 heavy (non-hydrogen) atoms. The van der Waals surface area contributed by atoms with Gasteiger partial charge in [-0.25, -0.2) is 4.98 Å². The number of rotatable bonds is 8. The van der Waals surface area contributed by atoms with Crippen LogP contribution < -0.4 is 19.6 Å². The highest BCUT2D eigenvalue weighted by atomic mass is 32.1. The second kappa shape index (κ2) is 9.14. The molecule has 3 rings (SSSR count). The Morgan fingerprint density at radius 2 is 1.79 bits per heavy atom. The van der Waals surface area contributed by atoms with Crippen LogP contribution in [0.15, 0.2) is 52.9 Å². The molecule has 1 aromatic heterocycles. The number of aromatic nitrogens is 1. The van der Waals surface area contributed by atoms with Crippen molar-refractivity contribution in [3.63, 3.8) is 0 Å². The van der Waals surface area contributed by atoms with Crippen LogP contribution in [0.2, 0.25) is 0 Å². The topological polar surface area (TPSA) is 65.0 Å². The standard InChI is InChI=1S/C19H17F2N3O3S/c1-25-15-8-12(9-16(26-2)17(15)27-18(20)21)10-22-24-19-23-14(11-28-19)13-6-4-3-5-7-13/h3-11,18H,1-2H3,(H,23,24)/b22-10-. The predicted molar refractivity (Wildman–Crippen MR) is 105 cm³/mol. The molecule has 0 aliphatic heterocycles. The smallest absolute Gasteiger partial charge is 0.387 e. The molecule has 9 heteroatoms. The quantitative estimate of drug-likeness (QED) is 0.428. The van der Waals surface area contributed by atoms with Gasteiger partial charge in [0, 0.05) is 16.5 Å². The molecule has 0 radical (unpaired) electrons. The van der Waals surface area contributed by atoms with Crippen molar-refractivity contribution in [3.8, 4) is 28.5 Å². The molecule has 3 aromatic rings. The first kappa shape index (κ1) is 19.6. The van der Waals surface area contributed by atoms with E-state index in [0.29, 0.717) is 10.7 Å². The largest absolute Gasteiger partial charge is 0.493 e. The maximum absolute atomic E-state index is 12.6. The van der Waals surface area contributed by atoms with Gasteiger partial charge in [-0.2, -0.15) is 13.9 Å². The normalized spacial score (nSPS) is 11.0. The van der Waals surface area contributed by atoms with E-state index in [1.807, 2.05) is 35.7 Å². The summed E-state index contributed by atoms with van der Waals surface area (Å²) in [6.45, 7) is -2.99. The van der Waals surface area contributed by atoms with E-state index in [0.717, 1.165) is 11.3 Å². The first-order valence-electron chi connectivity index (χ1n) is 8.11. The number of halogens is 2. The second-order valence-corrected chi connectivity index (χ2v) is 6.27. The van der Waals surface area contributed by atoms with Crippen molar-refractivity contribution >= 4 is 22.7 Å². The summed E-state index contributed by atoms with van der Waals surface area (Å²) >= 11 is 1.42. The summed E-state index contributed by atoms with van der Waals surface area (Å²) in [6, 6.07) is 12.8. The molecule has 0 aliphatic rings. The Morgan fingerprint density at radius 1 is 1.11 bits per heavy atom. The summed E-state index contributed by atoms with van der Waals surface area (Å²) in [5, 5.41) is 6.68. The van der Waals surface area contributed by atoms with Gasteiger partial charge in [0.25, 0.3) is 0 Å². The van der Waals surface area contributed by atoms with Crippen LogP contribution in [-0.4, -0.2) is 32.0 Å². The van der Waals surface area contributed by atoms with E-state index < -0.39 is 6.61 Å². The molecular formula is C19H17F2N3O3S. The average molecular weight is 405 g/mol. The summed E-state index contributed by atoms with van der Waals surface area (Å²) in [7, 11) is 2.71. The molecule has 0 saturated carbocycles. The maximum atomic E-state index is 12.6. The predicted octanol–water partition coefficient (Wildman–Crippen LogP) is 4.87. The Bertz CT molecular complexity index is 924. The van der Waals surface area contributed by atoms with Crippen LogP contribution in [0.25, 0.3) is 11.3 Å². The summed E-state index contributed by atoms with van der Waals surface area (Å²) in [5.74, 6) is 0.0564. The van der Waals surface area contributed by atoms with Gasteiger partial charge in [-0.3, -0.25) is 5.43 Å². The highest BCUT2D eigenvalue weighted by Crippen LogP contribution is 2.39. The van der Waals surface area contributed by atoms with Gasteiger partial charge in [-0.05, 0) is 12.1 Å². The number of thiazole rings is 1. The van der Waals surface area contributed by atoms with Crippen LogP contribution >= 0.6 is 11.3 Å². The summed E-state index contributed by atoms with van der Waals surface area (Å²) < 4.78 is 39.9. The van der Waals surface area contributed by atoms with E-state index in [2.05, 4.69) is 20.2 Å². The molecule has 0 saturated heterocycles. The van der Waals surface area contributed by atoms with Crippen molar-refractivity contribution in [3.05, 3.63) is 53.4 Å². The van der Waals surface area contributed by atoms with Crippen LogP contribution in [0.3, 0.4) is 0 Å². The fourth-order valence-electron chi connectivity index (χ4n) is 2.41. The maximum Gasteiger partial charge on any atom is 0.387 e. The molecule has 2 aromatic carbocycles. The van der Waals surface area contributed by atoms with Crippen LogP contribution in [-0.2, 0) is 0 Å². The lowest BCUT2D eigenvalue weighted by Gasteiger charge is -2.14. The molecule has 0 spiro atoms. The van der Waals surface area contributed by atoms with Gasteiger partial charge in [0.1, 0.15) is 0 Å². The number of hydrazone groups is 1. The lowest BCUT2D eigenvalue weighted by Crippen LogP contribution is -2.06. The van der Waals surface area contributed by atoms with Crippen molar-refractivity contribution in [1.82, 2.24) is 4.98 Å². The zero-order valence-corrected chi connectivity index (χ0v) is 15.9. The summed E-state index contributed by atoms with van der Waals surface area (Å²) in [4.78, 5) is 4.47. The summed E-state index contributed by atoms with van der Waals surface area (Å²) in [6.07, 6.45) is 1.50. The van der Waals surface area contributed by atoms with E-state index in [4.69, 9.17) is 9.47 Å². The Kier molecular flexibility index (Phi) is 6.38. The molecule has 0 fully saturated rings. The van der Waals surface area contributed by atoms with Crippen LogP contribution in [0, 0.1) is 0 Å². The van der Waals surface area contributed by atoms with E-state index in [1.165, 1.54) is 43.9 Å². The minimum Gasteiger partial charge on any atom is -0.493 e. The lowest BCUT2D eigenvalue weighted by atomic mass is 10.2. The monoisotopic (exact) mass is 405 g/mol. The minimum absolute atomic E-state index is 0.113. The Morgan fingerprint density at radius 3 is 2.39 bits per heavy atom. The number of benzene rings is 2. The van der Waals surface area contributed by atoms with E-state index in [-0.39, 0.29) is 17.2 Å². The second-order valence-electron chi connectivity index (χ2n) is 5.41. The summed E-state index contributed by atoms with van der Waals surface area (Å²) in [5.41, 5.74) is 5.28. The molecular weight excluding hydrogens is 388 g/mol. The molecule has 1 heterocycles. The number of anilines is 1. The molecule has 0 unspecified atom stereocenters. The Balaban J connectivity index is 1.75. The fourth-order valence-corrected chi connectivity index (χ4v) is 3.08. The van der Waals surface area contributed by atoms with Gasteiger partial charge in [-0.15, -0.1) is 11.3 Å². The Hall–Kier alpha value is -3.20. The van der Waals surface area contributed by atoms with Crippen molar-refractivity contribution in [1.29, 1.82) is 0 Å². The zero-order chi connectivity index (χ0) is 19.9. The number of nitrogens with one attached hydrogen (secondary N) is 1. The first-order chi connectivity index (χ1) is 13.6. The Labute approximate surface area is 164 Å². The molecule has 146 valence electrons. The highest BCUT2D eigenvalue weighted by molar-refractivity contribution is 7.14. The molecule has 0 bridgehead atoms.